The topological polar surface area (TPSA) is 33.4 Å². The molecule has 4 aliphatic rings. The Labute approximate surface area is 165 Å². The third kappa shape index (κ3) is 2.17. The smallest absolute Gasteiger partial charge is 0.0943 e. The quantitative estimate of drug-likeness (QED) is 0.597. The van der Waals surface area contributed by atoms with Crippen molar-refractivity contribution in [1.82, 2.24) is 0 Å². The molecule has 0 amide bonds. The number of hydrogen-bond donors (Lipinski definition) is 1. The van der Waals surface area contributed by atoms with Crippen molar-refractivity contribution < 1.29 is 9.52 Å². The van der Waals surface area contributed by atoms with Gasteiger partial charge in [0.25, 0.3) is 0 Å². The third-order valence-corrected chi connectivity index (χ3v) is 10.3. The van der Waals surface area contributed by atoms with E-state index in [0.29, 0.717) is 11.8 Å². The van der Waals surface area contributed by atoms with Gasteiger partial charge in [0.15, 0.2) is 0 Å². The van der Waals surface area contributed by atoms with E-state index in [9.17, 15) is 5.11 Å². The van der Waals surface area contributed by atoms with Gasteiger partial charge >= 0.3 is 0 Å². The zero-order valence-electron chi connectivity index (χ0n) is 18.0. The molecular weight excluding hydrogens is 332 g/mol. The fourth-order valence-corrected chi connectivity index (χ4v) is 9.62. The fourth-order valence-electron chi connectivity index (χ4n) is 9.62. The van der Waals surface area contributed by atoms with Crippen LogP contribution in [0.15, 0.2) is 16.9 Å². The average molecular weight is 371 g/mol. The number of hydrogen-bond acceptors (Lipinski definition) is 2. The minimum Gasteiger partial charge on any atom is -0.472 e. The highest BCUT2D eigenvalue weighted by atomic mass is 16.3. The number of aliphatic hydroxyl groups excluding tert-OH is 1. The predicted octanol–water partition coefficient (Wildman–Crippen LogP) is 6.11. The molecular formula is C25H38O2. The summed E-state index contributed by atoms with van der Waals surface area (Å²) in [4.78, 5) is 0. The highest BCUT2D eigenvalue weighted by Gasteiger charge is 2.67. The van der Waals surface area contributed by atoms with Crippen molar-refractivity contribution in [2.24, 2.45) is 34.0 Å². The lowest BCUT2D eigenvalue weighted by molar-refractivity contribution is -0.223. The molecule has 0 radical (unpaired) electrons. The van der Waals surface area contributed by atoms with E-state index in [1.54, 1.807) is 0 Å². The summed E-state index contributed by atoms with van der Waals surface area (Å²) in [6.45, 7) is 12.5. The van der Waals surface area contributed by atoms with Crippen molar-refractivity contribution in [3.63, 3.8) is 0 Å². The van der Waals surface area contributed by atoms with Crippen LogP contribution in [0.4, 0.5) is 0 Å². The molecule has 5 rings (SSSR count). The summed E-state index contributed by atoms with van der Waals surface area (Å²) >= 11 is 0. The number of furan rings is 1. The number of aliphatic hydroxyl groups is 1. The van der Waals surface area contributed by atoms with Gasteiger partial charge in [-0.05, 0) is 95.5 Å². The maximum atomic E-state index is 11.5. The highest BCUT2D eigenvalue weighted by molar-refractivity contribution is 5.36. The minimum absolute atomic E-state index is 0.153. The second-order valence-corrected chi connectivity index (χ2v) is 12.0. The maximum absolute atomic E-state index is 11.5. The lowest BCUT2D eigenvalue weighted by Crippen LogP contribution is -2.66. The van der Waals surface area contributed by atoms with E-state index in [-0.39, 0.29) is 27.8 Å². The molecule has 0 spiro atoms. The summed E-state index contributed by atoms with van der Waals surface area (Å²) < 4.78 is 5.66. The number of rotatable bonds is 0. The zero-order valence-corrected chi connectivity index (χ0v) is 18.0. The van der Waals surface area contributed by atoms with Gasteiger partial charge in [-0.1, -0.05) is 41.0 Å². The number of aryl methyl sites for hydroxylation is 1. The van der Waals surface area contributed by atoms with Crippen LogP contribution in [0.1, 0.15) is 90.7 Å². The van der Waals surface area contributed by atoms with E-state index in [1.807, 2.05) is 12.5 Å². The second-order valence-electron chi connectivity index (χ2n) is 12.0. The van der Waals surface area contributed by atoms with Gasteiger partial charge in [-0.15, -0.1) is 0 Å². The molecule has 3 fully saturated rings. The van der Waals surface area contributed by atoms with E-state index >= 15 is 0 Å². The average Bonchev–Trinajstić information content (AvgIpc) is 3.02. The molecule has 1 heterocycles. The number of fused-ring (bicyclic) bond motifs is 7. The van der Waals surface area contributed by atoms with Gasteiger partial charge in [0.2, 0.25) is 0 Å². The van der Waals surface area contributed by atoms with Crippen LogP contribution in [0, 0.1) is 34.0 Å². The normalized spacial score (nSPS) is 50.9. The summed E-state index contributed by atoms with van der Waals surface area (Å²) in [5, 5.41) is 11.5. The molecule has 2 nitrogen and oxygen atoms in total. The second kappa shape index (κ2) is 5.43. The van der Waals surface area contributed by atoms with Crippen molar-refractivity contribution in [2.75, 3.05) is 0 Å². The Balaban J connectivity index is 1.60. The first-order valence-electron chi connectivity index (χ1n) is 11.4. The molecule has 0 bridgehead atoms. The Morgan fingerprint density at radius 3 is 2.48 bits per heavy atom. The van der Waals surface area contributed by atoms with Gasteiger partial charge in [0.1, 0.15) is 0 Å². The van der Waals surface area contributed by atoms with Crippen molar-refractivity contribution in [1.29, 1.82) is 0 Å². The van der Waals surface area contributed by atoms with Crippen LogP contribution in [0.3, 0.4) is 0 Å². The Hall–Kier alpha value is -0.760. The van der Waals surface area contributed by atoms with E-state index in [0.717, 1.165) is 18.8 Å². The first kappa shape index (κ1) is 18.3. The van der Waals surface area contributed by atoms with Crippen LogP contribution in [-0.4, -0.2) is 11.2 Å². The van der Waals surface area contributed by atoms with Crippen LogP contribution >= 0.6 is 0 Å². The monoisotopic (exact) mass is 370 g/mol. The molecule has 0 aliphatic heterocycles. The molecule has 2 heteroatoms. The standard InChI is InChI=1S/C25H38O2/c1-22(2)10-6-11-24(4)20-9-12-23(3)17-15-27-14-16(17)7-8-19(23)25(20,5)13-18(26)21(22)24/h14-15,18-21,26H,6-13H2,1-5H3/t18-,19+,20+,21-,23+,24+,25-/m0/s1. The molecule has 0 saturated heterocycles. The molecule has 150 valence electrons. The molecule has 0 unspecified atom stereocenters. The third-order valence-electron chi connectivity index (χ3n) is 10.3. The predicted molar refractivity (Wildman–Crippen MR) is 109 cm³/mol. The summed E-state index contributed by atoms with van der Waals surface area (Å²) in [6, 6.07) is 0. The minimum atomic E-state index is -0.153. The summed E-state index contributed by atoms with van der Waals surface area (Å²) in [5.41, 5.74) is 3.92. The highest BCUT2D eigenvalue weighted by Crippen LogP contribution is 2.72. The lowest BCUT2D eigenvalue weighted by atomic mass is 9.35. The Kier molecular flexibility index (Phi) is 3.68. The van der Waals surface area contributed by atoms with E-state index < -0.39 is 0 Å². The maximum Gasteiger partial charge on any atom is 0.0943 e. The first-order chi connectivity index (χ1) is 12.6. The SMILES string of the molecule is CC1(C)CCC[C@]2(C)[C@H]3CC[C@]4(C)c5cocc5CC[C@H]4[C@]3(C)C[C@H](O)[C@@H]12. The van der Waals surface area contributed by atoms with Gasteiger partial charge in [0.05, 0.1) is 18.6 Å². The van der Waals surface area contributed by atoms with Crippen molar-refractivity contribution >= 4 is 0 Å². The first-order valence-corrected chi connectivity index (χ1v) is 11.4. The van der Waals surface area contributed by atoms with Gasteiger partial charge in [-0.3, -0.25) is 0 Å². The zero-order chi connectivity index (χ0) is 19.2. The van der Waals surface area contributed by atoms with E-state index in [1.165, 1.54) is 49.7 Å². The molecule has 27 heavy (non-hydrogen) atoms. The summed E-state index contributed by atoms with van der Waals surface area (Å²) in [5.74, 6) is 1.85. The van der Waals surface area contributed by atoms with Crippen LogP contribution in [-0.2, 0) is 11.8 Å². The molecule has 1 aromatic rings. The van der Waals surface area contributed by atoms with Gasteiger partial charge in [-0.2, -0.15) is 0 Å². The van der Waals surface area contributed by atoms with Crippen molar-refractivity contribution in [2.45, 2.75) is 97.5 Å². The lowest BCUT2D eigenvalue weighted by Gasteiger charge is -2.70. The van der Waals surface area contributed by atoms with Crippen LogP contribution < -0.4 is 0 Å². The van der Waals surface area contributed by atoms with E-state index in [4.69, 9.17) is 4.42 Å². The molecule has 7 atom stereocenters. The van der Waals surface area contributed by atoms with Gasteiger partial charge in [0, 0.05) is 0 Å². The molecule has 4 aliphatic carbocycles. The molecule has 1 N–H and O–H groups in total. The molecule has 0 aromatic carbocycles. The van der Waals surface area contributed by atoms with Gasteiger partial charge in [-0.25, -0.2) is 0 Å². The van der Waals surface area contributed by atoms with Crippen molar-refractivity contribution in [3.05, 3.63) is 23.7 Å². The van der Waals surface area contributed by atoms with Crippen LogP contribution in [0.25, 0.3) is 0 Å². The van der Waals surface area contributed by atoms with Crippen LogP contribution in [0.5, 0.6) is 0 Å². The van der Waals surface area contributed by atoms with E-state index in [2.05, 4.69) is 34.6 Å². The fraction of sp³-hybridized carbons (Fsp3) is 0.840. The Morgan fingerprint density at radius 1 is 0.926 bits per heavy atom. The van der Waals surface area contributed by atoms with Crippen molar-refractivity contribution in [3.8, 4) is 0 Å². The molecule has 3 saturated carbocycles. The summed E-state index contributed by atoms with van der Waals surface area (Å²) in [7, 11) is 0. The van der Waals surface area contributed by atoms with Crippen LogP contribution in [0.2, 0.25) is 0 Å². The Morgan fingerprint density at radius 2 is 1.70 bits per heavy atom. The largest absolute Gasteiger partial charge is 0.472 e. The summed E-state index contributed by atoms with van der Waals surface area (Å²) in [6.07, 6.45) is 13.8. The molecule has 1 aromatic heterocycles. The Bertz CT molecular complexity index is 747. The van der Waals surface area contributed by atoms with Gasteiger partial charge < -0.3 is 9.52 Å².